The Balaban J connectivity index is 2.23. The third-order valence-corrected chi connectivity index (χ3v) is 7.22. The molecule has 1 aliphatic rings. The zero-order valence-corrected chi connectivity index (χ0v) is 13.0. The molecule has 1 saturated heterocycles. The van der Waals surface area contributed by atoms with Gasteiger partial charge in [-0.05, 0) is 52.2 Å². The molecule has 3 heteroatoms. The van der Waals surface area contributed by atoms with E-state index in [2.05, 4.69) is 27.0 Å². The Hall–Kier alpha value is -0.123. The van der Waals surface area contributed by atoms with Crippen LogP contribution in [0.3, 0.4) is 0 Å². The molecule has 1 atom stereocenters. The van der Waals surface area contributed by atoms with Gasteiger partial charge in [-0.1, -0.05) is 18.6 Å². The van der Waals surface area contributed by atoms with Crippen molar-refractivity contribution in [2.75, 3.05) is 13.2 Å². The number of ether oxygens (including phenoxy) is 1. The van der Waals surface area contributed by atoms with E-state index in [1.54, 1.807) is 0 Å². The maximum Gasteiger partial charge on any atom is 0.190 e. The fourth-order valence-electron chi connectivity index (χ4n) is 2.63. The Labute approximate surface area is 108 Å². The topological polar surface area (TPSA) is 18.5 Å². The number of hydrogen-bond acceptors (Lipinski definition) is 2. The molecule has 17 heavy (non-hydrogen) atoms. The van der Waals surface area contributed by atoms with Crippen LogP contribution >= 0.6 is 0 Å². The Kier molecular flexibility index (Phi) is 5.42. The summed E-state index contributed by atoms with van der Waals surface area (Å²) in [5.74, 6) is 0. The number of hydrogen-bond donors (Lipinski definition) is 0. The maximum absolute atomic E-state index is 6.35. The summed E-state index contributed by atoms with van der Waals surface area (Å²) in [6.45, 7) is 14.2. The molecule has 1 rings (SSSR count). The monoisotopic (exact) mass is 256 g/mol. The first-order valence-corrected chi connectivity index (χ1v) is 9.58. The van der Waals surface area contributed by atoms with E-state index in [9.17, 15) is 0 Å². The SMILES string of the molecule is C=C(C)COCCC[Si]1(C)CCCC(C)(C)O1. The average Bonchev–Trinajstić information content (AvgIpc) is 2.14. The van der Waals surface area contributed by atoms with E-state index in [4.69, 9.17) is 9.16 Å². The average molecular weight is 256 g/mol. The summed E-state index contributed by atoms with van der Waals surface area (Å²) in [7, 11) is -1.45. The van der Waals surface area contributed by atoms with Gasteiger partial charge < -0.3 is 9.16 Å². The van der Waals surface area contributed by atoms with Crippen molar-refractivity contribution in [3.05, 3.63) is 12.2 Å². The van der Waals surface area contributed by atoms with Crippen LogP contribution < -0.4 is 0 Å². The van der Waals surface area contributed by atoms with Gasteiger partial charge in [-0.15, -0.1) is 0 Å². The molecular formula is C14H28O2Si. The van der Waals surface area contributed by atoms with Crippen LogP contribution in [0.5, 0.6) is 0 Å². The Morgan fingerprint density at radius 1 is 1.47 bits per heavy atom. The fourth-order valence-corrected chi connectivity index (χ4v) is 6.33. The second-order valence-electron chi connectivity index (χ2n) is 6.28. The first-order chi connectivity index (χ1) is 7.83. The first kappa shape index (κ1) is 14.9. The summed E-state index contributed by atoms with van der Waals surface area (Å²) < 4.78 is 11.9. The second kappa shape index (κ2) is 6.16. The molecule has 0 radical (unpaired) electrons. The van der Waals surface area contributed by atoms with Crippen LogP contribution in [-0.4, -0.2) is 27.1 Å². The van der Waals surface area contributed by atoms with Gasteiger partial charge >= 0.3 is 0 Å². The highest BCUT2D eigenvalue weighted by Gasteiger charge is 2.38. The number of rotatable bonds is 6. The van der Waals surface area contributed by atoms with Gasteiger partial charge in [-0.3, -0.25) is 0 Å². The van der Waals surface area contributed by atoms with Crippen LogP contribution in [0.1, 0.15) is 40.0 Å². The van der Waals surface area contributed by atoms with Gasteiger partial charge in [0.1, 0.15) is 0 Å². The Bertz CT molecular complexity index is 263. The molecule has 0 N–H and O–H groups in total. The normalized spacial score (nSPS) is 28.0. The molecule has 0 amide bonds. The predicted molar refractivity (Wildman–Crippen MR) is 75.9 cm³/mol. The van der Waals surface area contributed by atoms with E-state index in [1.165, 1.54) is 24.9 Å². The molecule has 2 nitrogen and oxygen atoms in total. The molecule has 100 valence electrons. The summed E-state index contributed by atoms with van der Waals surface area (Å²) in [6.07, 6.45) is 3.68. The van der Waals surface area contributed by atoms with Crippen LogP contribution in [0.4, 0.5) is 0 Å². The molecule has 1 unspecified atom stereocenters. The van der Waals surface area contributed by atoms with Crippen molar-refractivity contribution in [2.24, 2.45) is 0 Å². The summed E-state index contributed by atoms with van der Waals surface area (Å²) in [4.78, 5) is 0. The molecule has 0 spiro atoms. The second-order valence-corrected chi connectivity index (χ2v) is 10.4. The predicted octanol–water partition coefficient (Wildman–Crippen LogP) is 4.13. The lowest BCUT2D eigenvalue weighted by atomic mass is 10.0. The highest BCUT2D eigenvalue weighted by molar-refractivity contribution is 6.72. The van der Waals surface area contributed by atoms with Gasteiger partial charge in [-0.2, -0.15) is 0 Å². The molecule has 0 aromatic heterocycles. The molecule has 0 aliphatic carbocycles. The third-order valence-electron chi connectivity index (χ3n) is 3.35. The summed E-state index contributed by atoms with van der Waals surface area (Å²) in [5.41, 5.74) is 1.21. The molecule has 0 bridgehead atoms. The maximum atomic E-state index is 6.35. The van der Waals surface area contributed by atoms with Gasteiger partial charge in [-0.25, -0.2) is 0 Å². The first-order valence-electron chi connectivity index (χ1n) is 6.75. The van der Waals surface area contributed by atoms with Gasteiger partial charge in [0.15, 0.2) is 8.32 Å². The van der Waals surface area contributed by atoms with Gasteiger partial charge in [0.05, 0.1) is 12.2 Å². The Morgan fingerprint density at radius 2 is 2.18 bits per heavy atom. The van der Waals surface area contributed by atoms with Crippen molar-refractivity contribution in [3.63, 3.8) is 0 Å². The van der Waals surface area contributed by atoms with E-state index in [1.807, 2.05) is 6.92 Å². The van der Waals surface area contributed by atoms with Crippen LogP contribution in [0.2, 0.25) is 18.6 Å². The highest BCUT2D eigenvalue weighted by Crippen LogP contribution is 2.35. The van der Waals surface area contributed by atoms with E-state index in [0.29, 0.717) is 6.61 Å². The molecule has 1 fully saturated rings. The summed E-state index contributed by atoms with van der Waals surface area (Å²) in [5, 5.41) is 0. The molecule has 0 aromatic carbocycles. The van der Waals surface area contributed by atoms with Gasteiger partial charge in [0, 0.05) is 6.61 Å². The van der Waals surface area contributed by atoms with Crippen molar-refractivity contribution in [3.8, 4) is 0 Å². The van der Waals surface area contributed by atoms with Crippen molar-refractivity contribution in [1.29, 1.82) is 0 Å². The minimum absolute atomic E-state index is 0.109. The van der Waals surface area contributed by atoms with Crippen molar-refractivity contribution in [2.45, 2.75) is 64.3 Å². The molecule has 0 aromatic rings. The third kappa shape index (κ3) is 5.84. The lowest BCUT2D eigenvalue weighted by Gasteiger charge is -2.42. The van der Waals surface area contributed by atoms with Crippen LogP contribution in [0.25, 0.3) is 0 Å². The van der Waals surface area contributed by atoms with E-state index in [0.717, 1.165) is 18.6 Å². The van der Waals surface area contributed by atoms with Crippen molar-refractivity contribution < 1.29 is 9.16 Å². The highest BCUT2D eigenvalue weighted by atomic mass is 28.4. The summed E-state index contributed by atoms with van der Waals surface area (Å²) >= 11 is 0. The minimum Gasteiger partial charge on any atom is -0.412 e. The molecule has 0 saturated carbocycles. The molecule has 1 aliphatic heterocycles. The van der Waals surface area contributed by atoms with E-state index < -0.39 is 8.32 Å². The van der Waals surface area contributed by atoms with E-state index >= 15 is 0 Å². The van der Waals surface area contributed by atoms with Gasteiger partial charge in [0.2, 0.25) is 0 Å². The molecule has 1 heterocycles. The van der Waals surface area contributed by atoms with Crippen molar-refractivity contribution >= 4 is 8.32 Å². The smallest absolute Gasteiger partial charge is 0.190 e. The Morgan fingerprint density at radius 3 is 2.76 bits per heavy atom. The van der Waals surface area contributed by atoms with E-state index in [-0.39, 0.29) is 5.60 Å². The quantitative estimate of drug-likeness (QED) is 0.404. The fraction of sp³-hybridized carbons (Fsp3) is 0.857. The van der Waals surface area contributed by atoms with Gasteiger partial charge in [0.25, 0.3) is 0 Å². The molecular weight excluding hydrogens is 228 g/mol. The van der Waals surface area contributed by atoms with Crippen LogP contribution in [-0.2, 0) is 9.16 Å². The largest absolute Gasteiger partial charge is 0.412 e. The zero-order chi connectivity index (χ0) is 12.9. The van der Waals surface area contributed by atoms with Crippen LogP contribution in [0, 0.1) is 0 Å². The van der Waals surface area contributed by atoms with Crippen molar-refractivity contribution in [1.82, 2.24) is 0 Å². The minimum atomic E-state index is -1.45. The lowest BCUT2D eigenvalue weighted by Crippen LogP contribution is -2.47. The van der Waals surface area contributed by atoms with Crippen LogP contribution in [0.15, 0.2) is 12.2 Å². The zero-order valence-electron chi connectivity index (χ0n) is 12.0. The lowest BCUT2D eigenvalue weighted by molar-refractivity contribution is 0.0684. The summed E-state index contributed by atoms with van der Waals surface area (Å²) in [6, 6.07) is 2.55. The standard InChI is InChI=1S/C14H28O2Si/c1-13(2)12-15-9-7-11-17(5)10-6-8-14(3,4)16-17/h1,6-12H2,2-5H3.